The van der Waals surface area contributed by atoms with E-state index in [-0.39, 0.29) is 5.92 Å². The van der Waals surface area contributed by atoms with Crippen molar-refractivity contribution in [3.05, 3.63) is 65.7 Å². The average molecular weight is 382 g/mol. The number of benzene rings is 2. The van der Waals surface area contributed by atoms with Gasteiger partial charge in [-0.1, -0.05) is 48.9 Å². The van der Waals surface area contributed by atoms with Gasteiger partial charge in [-0.25, -0.2) is 0 Å². The second-order valence-electron chi connectivity index (χ2n) is 7.89. The summed E-state index contributed by atoms with van der Waals surface area (Å²) in [4.78, 5) is 13.9. The number of carboxylic acids is 1. The van der Waals surface area contributed by atoms with Gasteiger partial charge in [-0.15, -0.1) is 0 Å². The third-order valence-electron chi connectivity index (χ3n) is 5.77. The molecule has 1 aliphatic rings. The van der Waals surface area contributed by atoms with Crippen molar-refractivity contribution in [2.75, 3.05) is 20.2 Å². The lowest BCUT2D eigenvalue weighted by molar-refractivity contribution is -0.143. The summed E-state index contributed by atoms with van der Waals surface area (Å²) in [6.07, 6.45) is 4.78. The summed E-state index contributed by atoms with van der Waals surface area (Å²) < 4.78 is 5.25. The van der Waals surface area contributed by atoms with E-state index in [0.717, 1.165) is 57.5 Å². The maximum atomic E-state index is 11.4. The normalized spacial score (nSPS) is 19.5. The van der Waals surface area contributed by atoms with Gasteiger partial charge in [0.25, 0.3) is 0 Å². The van der Waals surface area contributed by atoms with Gasteiger partial charge in [-0.2, -0.15) is 0 Å². The number of methoxy groups -OCH3 is 1. The van der Waals surface area contributed by atoms with E-state index in [2.05, 4.69) is 41.3 Å². The molecule has 4 heteroatoms. The molecule has 2 aromatic rings. The van der Waals surface area contributed by atoms with Crippen molar-refractivity contribution in [1.29, 1.82) is 0 Å². The topological polar surface area (TPSA) is 49.8 Å². The average Bonchev–Trinajstić information content (AvgIpc) is 2.73. The zero-order valence-electron chi connectivity index (χ0n) is 16.7. The zero-order valence-corrected chi connectivity index (χ0v) is 16.7. The Hall–Kier alpha value is -2.33. The predicted molar refractivity (Wildman–Crippen MR) is 112 cm³/mol. The van der Waals surface area contributed by atoms with E-state index in [0.29, 0.717) is 5.92 Å². The van der Waals surface area contributed by atoms with E-state index in [4.69, 9.17) is 4.74 Å². The Morgan fingerprint density at radius 1 is 1.07 bits per heavy atom. The molecule has 3 rings (SSSR count). The molecule has 1 aliphatic carbocycles. The van der Waals surface area contributed by atoms with Gasteiger partial charge in [0.05, 0.1) is 13.0 Å². The van der Waals surface area contributed by atoms with E-state index >= 15 is 0 Å². The summed E-state index contributed by atoms with van der Waals surface area (Å²) in [5, 5.41) is 9.40. The first-order valence-corrected chi connectivity index (χ1v) is 10.3. The molecule has 0 aromatic heterocycles. The monoisotopic (exact) mass is 381 g/mol. The van der Waals surface area contributed by atoms with Gasteiger partial charge in [-0.05, 0) is 54.9 Å². The predicted octanol–water partition coefficient (Wildman–Crippen LogP) is 4.63. The van der Waals surface area contributed by atoms with Crippen LogP contribution in [0.3, 0.4) is 0 Å². The molecule has 150 valence electrons. The van der Waals surface area contributed by atoms with Crippen molar-refractivity contribution in [2.45, 2.75) is 38.6 Å². The third kappa shape index (κ3) is 6.10. The largest absolute Gasteiger partial charge is 0.497 e. The highest BCUT2D eigenvalue weighted by Crippen LogP contribution is 2.30. The summed E-state index contributed by atoms with van der Waals surface area (Å²) in [6, 6.07) is 18.8. The van der Waals surface area contributed by atoms with Crippen LogP contribution in [0.5, 0.6) is 5.75 Å². The Kier molecular flexibility index (Phi) is 7.49. The molecule has 28 heavy (non-hydrogen) atoms. The lowest BCUT2D eigenvalue weighted by atomic mass is 9.81. The molecule has 0 amide bonds. The molecule has 1 N–H and O–H groups in total. The number of carboxylic acid groups (broad SMARTS) is 1. The SMILES string of the molecule is COc1ccc(CCN(Cc2ccccc2)CC2CCCC(C(=O)O)C2)cc1. The van der Waals surface area contributed by atoms with Crippen LogP contribution in [0.25, 0.3) is 0 Å². The second kappa shape index (κ2) is 10.3. The first-order valence-electron chi connectivity index (χ1n) is 10.3. The summed E-state index contributed by atoms with van der Waals surface area (Å²) >= 11 is 0. The molecule has 2 unspecified atom stereocenters. The Bertz CT molecular complexity index is 729. The maximum Gasteiger partial charge on any atom is 0.306 e. The second-order valence-corrected chi connectivity index (χ2v) is 7.89. The Labute approximate surface area is 168 Å². The van der Waals surface area contributed by atoms with E-state index in [9.17, 15) is 9.90 Å². The lowest BCUT2D eigenvalue weighted by Gasteiger charge is -2.32. The van der Waals surface area contributed by atoms with Crippen molar-refractivity contribution in [3.63, 3.8) is 0 Å². The Morgan fingerprint density at radius 2 is 1.82 bits per heavy atom. The van der Waals surface area contributed by atoms with Crippen LogP contribution in [-0.2, 0) is 17.8 Å². The molecular formula is C24H31NO3. The maximum absolute atomic E-state index is 11.4. The van der Waals surface area contributed by atoms with Gasteiger partial charge in [-0.3, -0.25) is 9.69 Å². The number of nitrogens with zero attached hydrogens (tertiary/aromatic N) is 1. The van der Waals surface area contributed by atoms with Crippen molar-refractivity contribution in [3.8, 4) is 5.75 Å². The van der Waals surface area contributed by atoms with Crippen LogP contribution < -0.4 is 4.74 Å². The van der Waals surface area contributed by atoms with Crippen molar-refractivity contribution in [1.82, 2.24) is 4.90 Å². The van der Waals surface area contributed by atoms with Gasteiger partial charge >= 0.3 is 5.97 Å². The van der Waals surface area contributed by atoms with Crippen LogP contribution in [0.4, 0.5) is 0 Å². The molecule has 0 radical (unpaired) electrons. The van der Waals surface area contributed by atoms with Gasteiger partial charge < -0.3 is 9.84 Å². The lowest BCUT2D eigenvalue weighted by Crippen LogP contribution is -2.34. The molecule has 2 atom stereocenters. The molecule has 0 saturated heterocycles. The highest BCUT2D eigenvalue weighted by molar-refractivity contribution is 5.70. The zero-order chi connectivity index (χ0) is 19.8. The fraction of sp³-hybridized carbons (Fsp3) is 0.458. The summed E-state index contributed by atoms with van der Waals surface area (Å²) in [5.74, 6) is 0.553. The smallest absolute Gasteiger partial charge is 0.306 e. The first-order chi connectivity index (χ1) is 13.6. The molecule has 1 saturated carbocycles. The quantitative estimate of drug-likeness (QED) is 0.688. The Balaban J connectivity index is 1.63. The van der Waals surface area contributed by atoms with Crippen LogP contribution in [0.1, 0.15) is 36.8 Å². The van der Waals surface area contributed by atoms with Crippen LogP contribution in [0.15, 0.2) is 54.6 Å². The van der Waals surface area contributed by atoms with Gasteiger partial charge in [0, 0.05) is 19.6 Å². The van der Waals surface area contributed by atoms with Gasteiger partial charge in [0.1, 0.15) is 5.75 Å². The van der Waals surface area contributed by atoms with Crippen LogP contribution in [0, 0.1) is 11.8 Å². The van der Waals surface area contributed by atoms with Crippen LogP contribution >= 0.6 is 0 Å². The number of hydrogen-bond acceptors (Lipinski definition) is 3. The van der Waals surface area contributed by atoms with Crippen molar-refractivity contribution < 1.29 is 14.6 Å². The van der Waals surface area contributed by atoms with E-state index in [1.54, 1.807) is 7.11 Å². The molecule has 0 heterocycles. The molecule has 1 fully saturated rings. The Morgan fingerprint density at radius 3 is 2.50 bits per heavy atom. The number of aliphatic carboxylic acids is 1. The van der Waals surface area contributed by atoms with Crippen molar-refractivity contribution >= 4 is 5.97 Å². The molecule has 0 aliphatic heterocycles. The molecule has 4 nitrogen and oxygen atoms in total. The van der Waals surface area contributed by atoms with Crippen molar-refractivity contribution in [2.24, 2.45) is 11.8 Å². The first kappa shape index (κ1) is 20.4. The van der Waals surface area contributed by atoms with E-state index < -0.39 is 5.97 Å². The summed E-state index contributed by atoms with van der Waals surface area (Å²) in [5.41, 5.74) is 2.61. The van der Waals surface area contributed by atoms with Gasteiger partial charge in [0.2, 0.25) is 0 Å². The van der Waals surface area contributed by atoms with Gasteiger partial charge in [0.15, 0.2) is 0 Å². The number of hydrogen-bond donors (Lipinski definition) is 1. The minimum atomic E-state index is -0.627. The standard InChI is InChI=1S/C24H31NO3/c1-28-23-12-10-19(11-13-23)14-15-25(17-20-6-3-2-4-7-20)18-21-8-5-9-22(16-21)24(26)27/h2-4,6-7,10-13,21-22H,5,8-9,14-18H2,1H3,(H,26,27). The summed E-state index contributed by atoms with van der Waals surface area (Å²) in [7, 11) is 1.69. The minimum Gasteiger partial charge on any atom is -0.497 e. The van der Waals surface area contributed by atoms with Crippen LogP contribution in [0.2, 0.25) is 0 Å². The van der Waals surface area contributed by atoms with E-state index in [1.165, 1.54) is 11.1 Å². The fourth-order valence-electron chi connectivity index (χ4n) is 4.20. The number of carbonyl (C=O) groups is 1. The fourth-order valence-corrected chi connectivity index (χ4v) is 4.20. The molecule has 0 bridgehead atoms. The minimum absolute atomic E-state index is 0.168. The highest BCUT2D eigenvalue weighted by Gasteiger charge is 2.28. The van der Waals surface area contributed by atoms with Crippen LogP contribution in [-0.4, -0.2) is 36.2 Å². The number of ether oxygens (including phenoxy) is 1. The number of rotatable bonds is 9. The highest BCUT2D eigenvalue weighted by atomic mass is 16.5. The molecule has 0 spiro atoms. The third-order valence-corrected chi connectivity index (χ3v) is 5.77. The molecule has 2 aromatic carbocycles. The summed E-state index contributed by atoms with van der Waals surface area (Å²) in [6.45, 7) is 2.84. The van der Waals surface area contributed by atoms with E-state index in [1.807, 2.05) is 18.2 Å². The molecular weight excluding hydrogens is 350 g/mol.